The van der Waals surface area contributed by atoms with Crippen molar-refractivity contribution in [3.05, 3.63) is 35.4 Å². The predicted octanol–water partition coefficient (Wildman–Crippen LogP) is 2.31. The number of carbonyl (C=O) groups is 2. The van der Waals surface area contributed by atoms with Gasteiger partial charge in [-0.15, -0.1) is 0 Å². The molecule has 3 aliphatic rings. The first kappa shape index (κ1) is 22.2. The lowest BCUT2D eigenvalue weighted by atomic mass is 10.0. The molecule has 0 spiro atoms. The monoisotopic (exact) mass is 435 g/mol. The largest absolute Gasteiger partial charge is 0.348 e. The fourth-order valence-corrected chi connectivity index (χ4v) is 4.17. The lowest BCUT2D eigenvalue weighted by Gasteiger charge is -2.34. The van der Waals surface area contributed by atoms with E-state index in [9.17, 15) is 9.59 Å². The molecule has 4 rings (SSSR count). The summed E-state index contributed by atoms with van der Waals surface area (Å²) < 4.78 is 29.8. The van der Waals surface area contributed by atoms with Crippen LogP contribution in [0.2, 0.25) is 0 Å². The van der Waals surface area contributed by atoms with Gasteiger partial charge >= 0.3 is 5.97 Å². The summed E-state index contributed by atoms with van der Waals surface area (Å²) >= 11 is 0. The second-order valence-corrected chi connectivity index (χ2v) is 9.01. The molecule has 1 aromatic carbocycles. The summed E-state index contributed by atoms with van der Waals surface area (Å²) in [6, 6.07) is 6.21. The van der Waals surface area contributed by atoms with Crippen molar-refractivity contribution in [1.82, 2.24) is 5.06 Å². The summed E-state index contributed by atoms with van der Waals surface area (Å²) in [5.41, 5.74) is 1.38. The van der Waals surface area contributed by atoms with Crippen LogP contribution in [0.3, 0.4) is 0 Å². The molecule has 0 unspecified atom stereocenters. The molecule has 31 heavy (non-hydrogen) atoms. The van der Waals surface area contributed by atoms with Gasteiger partial charge in [0.15, 0.2) is 17.9 Å². The van der Waals surface area contributed by atoms with E-state index in [-0.39, 0.29) is 6.61 Å². The molecule has 5 atom stereocenters. The Morgan fingerprint density at radius 3 is 2.26 bits per heavy atom. The van der Waals surface area contributed by atoms with E-state index in [1.807, 2.05) is 19.1 Å². The van der Waals surface area contributed by atoms with Crippen LogP contribution in [0.5, 0.6) is 0 Å². The average molecular weight is 435 g/mol. The van der Waals surface area contributed by atoms with E-state index < -0.39 is 54.1 Å². The van der Waals surface area contributed by atoms with Gasteiger partial charge in [-0.25, -0.2) is 0 Å². The number of carbonyl (C=O) groups excluding carboxylic acids is 2. The molecule has 0 aliphatic carbocycles. The maximum atomic E-state index is 13.4. The minimum atomic E-state index is -0.917. The molecule has 1 amide bonds. The third kappa shape index (κ3) is 4.47. The van der Waals surface area contributed by atoms with Crippen LogP contribution in [0.25, 0.3) is 0 Å². The number of aryl methyl sites for hydroxylation is 1. The molecular formula is C22H29NO8. The summed E-state index contributed by atoms with van der Waals surface area (Å²) in [6.45, 7) is 10.5. The molecule has 3 fully saturated rings. The molecule has 1 aromatic rings. The third-order valence-corrected chi connectivity index (χ3v) is 5.45. The standard InChI is InChI=1S/C22H29NO8/c1-12-7-9-14(10-8-12)19(25)23(31-13(2)24)16-17(15-11-26-21(3,4)28-15)27-20-18(16)29-22(5,6)30-20/h7-10,15-18,20H,11H2,1-6H3/t15-,16-,17-,18-,20-/m1/s1. The molecule has 3 aliphatic heterocycles. The predicted molar refractivity (Wildman–Crippen MR) is 107 cm³/mol. The second-order valence-electron chi connectivity index (χ2n) is 9.01. The smallest absolute Gasteiger partial charge is 0.329 e. The molecular weight excluding hydrogens is 406 g/mol. The topological polar surface area (TPSA) is 92.8 Å². The summed E-state index contributed by atoms with van der Waals surface area (Å²) in [4.78, 5) is 30.8. The zero-order valence-corrected chi connectivity index (χ0v) is 18.6. The maximum Gasteiger partial charge on any atom is 0.329 e. The first-order valence-electron chi connectivity index (χ1n) is 10.4. The number of nitrogens with zero attached hydrogens (tertiary/aromatic N) is 1. The molecule has 9 nitrogen and oxygen atoms in total. The molecule has 0 N–H and O–H groups in total. The van der Waals surface area contributed by atoms with E-state index in [1.165, 1.54) is 6.92 Å². The molecule has 170 valence electrons. The van der Waals surface area contributed by atoms with Crippen molar-refractivity contribution in [3.63, 3.8) is 0 Å². The number of rotatable bonds is 3. The van der Waals surface area contributed by atoms with Gasteiger partial charge in [0.25, 0.3) is 5.91 Å². The molecule has 0 saturated carbocycles. The van der Waals surface area contributed by atoms with Crippen molar-refractivity contribution >= 4 is 11.9 Å². The summed E-state index contributed by atoms with van der Waals surface area (Å²) in [7, 11) is 0. The first-order valence-corrected chi connectivity index (χ1v) is 10.4. The Kier molecular flexibility index (Phi) is 5.60. The van der Waals surface area contributed by atoms with Gasteiger partial charge in [-0.1, -0.05) is 17.7 Å². The van der Waals surface area contributed by atoms with Gasteiger partial charge in [0.2, 0.25) is 0 Å². The van der Waals surface area contributed by atoms with Crippen LogP contribution in [-0.4, -0.2) is 65.8 Å². The van der Waals surface area contributed by atoms with E-state index >= 15 is 0 Å². The van der Waals surface area contributed by atoms with E-state index in [0.29, 0.717) is 5.56 Å². The van der Waals surface area contributed by atoms with Crippen molar-refractivity contribution in [1.29, 1.82) is 0 Å². The molecule has 0 radical (unpaired) electrons. The number of benzene rings is 1. The zero-order valence-electron chi connectivity index (χ0n) is 18.6. The molecule has 0 bridgehead atoms. The van der Waals surface area contributed by atoms with E-state index in [4.69, 9.17) is 28.5 Å². The Morgan fingerprint density at radius 2 is 1.68 bits per heavy atom. The van der Waals surface area contributed by atoms with Crippen molar-refractivity contribution in [3.8, 4) is 0 Å². The van der Waals surface area contributed by atoms with Gasteiger partial charge < -0.3 is 28.5 Å². The van der Waals surface area contributed by atoms with Crippen molar-refractivity contribution < 1.29 is 38.1 Å². The highest BCUT2D eigenvalue weighted by Gasteiger charge is 2.61. The Bertz CT molecular complexity index is 852. The van der Waals surface area contributed by atoms with Gasteiger partial charge in [-0.05, 0) is 46.8 Å². The molecule has 0 aromatic heterocycles. The highest BCUT2D eigenvalue weighted by molar-refractivity contribution is 5.94. The van der Waals surface area contributed by atoms with Crippen LogP contribution in [0.1, 0.15) is 50.5 Å². The zero-order chi connectivity index (χ0) is 22.6. The summed E-state index contributed by atoms with van der Waals surface area (Å²) in [5, 5.41) is 1.04. The number of amides is 1. The fourth-order valence-electron chi connectivity index (χ4n) is 4.17. The summed E-state index contributed by atoms with van der Waals surface area (Å²) in [6.07, 6.45) is -2.63. The van der Waals surface area contributed by atoms with Crippen molar-refractivity contribution in [2.24, 2.45) is 0 Å². The van der Waals surface area contributed by atoms with Crippen LogP contribution >= 0.6 is 0 Å². The number of hydroxylamine groups is 2. The third-order valence-electron chi connectivity index (χ3n) is 5.45. The quantitative estimate of drug-likeness (QED) is 0.668. The van der Waals surface area contributed by atoms with Crippen molar-refractivity contribution in [2.45, 2.75) is 83.8 Å². The number of ether oxygens (including phenoxy) is 5. The molecule has 9 heteroatoms. The van der Waals surface area contributed by atoms with Gasteiger partial charge in [0.1, 0.15) is 24.4 Å². The minimum Gasteiger partial charge on any atom is -0.348 e. The first-order chi connectivity index (χ1) is 14.5. The van der Waals surface area contributed by atoms with Gasteiger partial charge in [-0.2, -0.15) is 5.06 Å². The average Bonchev–Trinajstić information content (AvgIpc) is 3.28. The number of hydrogen-bond donors (Lipinski definition) is 0. The summed E-state index contributed by atoms with van der Waals surface area (Å²) in [5.74, 6) is -2.84. The Hall–Kier alpha value is -2.04. The maximum absolute atomic E-state index is 13.4. The van der Waals surface area contributed by atoms with Gasteiger partial charge in [0, 0.05) is 12.5 Å². The minimum absolute atomic E-state index is 0.254. The normalized spacial score (nSPS) is 33.2. The van der Waals surface area contributed by atoms with Crippen LogP contribution in [-0.2, 0) is 33.3 Å². The lowest BCUT2D eigenvalue weighted by Crippen LogP contribution is -2.55. The van der Waals surface area contributed by atoms with Crippen LogP contribution in [0, 0.1) is 6.92 Å². The number of hydrogen-bond acceptors (Lipinski definition) is 8. The van der Waals surface area contributed by atoms with Crippen LogP contribution in [0.15, 0.2) is 24.3 Å². The lowest BCUT2D eigenvalue weighted by molar-refractivity contribution is -0.242. The van der Waals surface area contributed by atoms with Gasteiger partial charge in [-0.3, -0.25) is 9.59 Å². The number of fused-ring (bicyclic) bond motifs is 1. The Morgan fingerprint density at radius 1 is 1.00 bits per heavy atom. The highest BCUT2D eigenvalue weighted by Crippen LogP contribution is 2.43. The molecule has 3 heterocycles. The Balaban J connectivity index is 1.70. The SMILES string of the molecule is CC(=O)ON(C(=O)c1ccc(C)cc1)[C@H]1[C@H]2OC(C)(C)O[C@H]2O[C@@H]1[C@H]1COC(C)(C)O1. The van der Waals surface area contributed by atoms with E-state index in [2.05, 4.69) is 0 Å². The van der Waals surface area contributed by atoms with Crippen LogP contribution in [0.4, 0.5) is 0 Å². The Labute approximate surface area is 181 Å². The second kappa shape index (κ2) is 7.83. The highest BCUT2D eigenvalue weighted by atomic mass is 16.8. The van der Waals surface area contributed by atoms with Gasteiger partial charge in [0.05, 0.1) is 6.61 Å². The van der Waals surface area contributed by atoms with E-state index in [0.717, 1.165) is 10.6 Å². The van der Waals surface area contributed by atoms with Crippen LogP contribution < -0.4 is 0 Å². The van der Waals surface area contributed by atoms with Crippen molar-refractivity contribution in [2.75, 3.05) is 6.61 Å². The molecule has 3 saturated heterocycles. The fraction of sp³-hybridized carbons (Fsp3) is 0.636. The van der Waals surface area contributed by atoms with E-state index in [1.54, 1.807) is 39.8 Å².